The number of hydrogen-bond donors (Lipinski definition) is 3. The molecule has 0 unspecified atom stereocenters. The molecule has 0 spiro atoms. The van der Waals surface area contributed by atoms with Crippen molar-refractivity contribution in [3.05, 3.63) is 59.7 Å². The first-order valence-electron chi connectivity index (χ1n) is 10.1. The average molecular weight is 431 g/mol. The highest BCUT2D eigenvalue weighted by Gasteiger charge is 2.18. The number of hydrogen-bond acceptors (Lipinski definition) is 7. The summed E-state index contributed by atoms with van der Waals surface area (Å²) in [5, 5.41) is 29.4. The summed E-state index contributed by atoms with van der Waals surface area (Å²) in [4.78, 5) is 27.1. The summed E-state index contributed by atoms with van der Waals surface area (Å²) < 4.78 is 5.25. The number of carbonyl (C=O) groups is 2. The maximum atomic E-state index is 12.2. The molecule has 2 aromatic rings. The summed E-state index contributed by atoms with van der Waals surface area (Å²) in [7, 11) is 0. The van der Waals surface area contributed by atoms with Crippen LogP contribution in [0.3, 0.4) is 0 Å². The van der Waals surface area contributed by atoms with Gasteiger partial charge in [-0.05, 0) is 26.0 Å². The molecule has 8 heteroatoms. The number of rotatable bonds is 12. The lowest BCUT2D eigenvalue weighted by Crippen LogP contribution is -2.40. The van der Waals surface area contributed by atoms with E-state index in [9.17, 15) is 24.9 Å². The van der Waals surface area contributed by atoms with Crippen molar-refractivity contribution in [2.45, 2.75) is 33.0 Å². The number of phenolic OH excluding ortho intramolecular Hbond substituents is 2. The van der Waals surface area contributed by atoms with Crippen molar-refractivity contribution in [3.8, 4) is 11.5 Å². The number of carboxylic acid groups (broad SMARTS) is 1. The number of carbonyl (C=O) groups excluding carboxylic acids is 1. The zero-order valence-corrected chi connectivity index (χ0v) is 17.9. The molecular formula is C23H30N2O6. The van der Waals surface area contributed by atoms with E-state index in [0.29, 0.717) is 30.8 Å². The third-order valence-corrected chi connectivity index (χ3v) is 4.58. The molecule has 31 heavy (non-hydrogen) atoms. The highest BCUT2D eigenvalue weighted by Crippen LogP contribution is 2.19. The van der Waals surface area contributed by atoms with Crippen LogP contribution in [0, 0.1) is 0 Å². The van der Waals surface area contributed by atoms with Gasteiger partial charge in [-0.2, -0.15) is 0 Å². The SMILES string of the molecule is CC(C)OC(=O)CN(CCN(CC(=O)O)Cc1ccccc1O)Cc1ccccc1O. The molecule has 0 saturated carbocycles. The molecule has 0 heterocycles. The first kappa shape index (κ1) is 24.2. The van der Waals surface area contributed by atoms with E-state index in [1.807, 2.05) is 0 Å². The van der Waals surface area contributed by atoms with Crippen molar-refractivity contribution in [1.82, 2.24) is 9.80 Å². The Morgan fingerprint density at radius 2 is 1.29 bits per heavy atom. The van der Waals surface area contributed by atoms with Crippen LogP contribution in [-0.4, -0.2) is 69.3 Å². The molecule has 0 aliphatic heterocycles. The molecule has 0 aliphatic carbocycles. The first-order valence-corrected chi connectivity index (χ1v) is 10.1. The molecule has 8 nitrogen and oxygen atoms in total. The monoisotopic (exact) mass is 430 g/mol. The zero-order chi connectivity index (χ0) is 22.8. The van der Waals surface area contributed by atoms with Crippen LogP contribution >= 0.6 is 0 Å². The van der Waals surface area contributed by atoms with Crippen LogP contribution in [-0.2, 0) is 27.4 Å². The summed E-state index contributed by atoms with van der Waals surface area (Å²) in [6.07, 6.45) is -0.246. The van der Waals surface area contributed by atoms with Gasteiger partial charge in [-0.15, -0.1) is 0 Å². The van der Waals surface area contributed by atoms with Crippen LogP contribution < -0.4 is 0 Å². The maximum Gasteiger partial charge on any atom is 0.320 e. The van der Waals surface area contributed by atoms with Crippen molar-refractivity contribution >= 4 is 11.9 Å². The van der Waals surface area contributed by atoms with Gasteiger partial charge >= 0.3 is 11.9 Å². The molecular weight excluding hydrogens is 400 g/mol. The molecule has 0 radical (unpaired) electrons. The van der Waals surface area contributed by atoms with Gasteiger partial charge in [-0.1, -0.05) is 36.4 Å². The van der Waals surface area contributed by atoms with Crippen LogP contribution in [0.2, 0.25) is 0 Å². The van der Waals surface area contributed by atoms with Gasteiger partial charge in [-0.25, -0.2) is 0 Å². The van der Waals surface area contributed by atoms with Gasteiger partial charge in [-0.3, -0.25) is 19.4 Å². The van der Waals surface area contributed by atoms with E-state index in [4.69, 9.17) is 4.74 Å². The van der Waals surface area contributed by atoms with Gasteiger partial charge in [0.1, 0.15) is 11.5 Å². The third-order valence-electron chi connectivity index (χ3n) is 4.58. The quantitative estimate of drug-likeness (QED) is 0.441. The Kier molecular flexibility index (Phi) is 9.30. The fourth-order valence-electron chi connectivity index (χ4n) is 3.16. The van der Waals surface area contributed by atoms with E-state index in [1.165, 1.54) is 0 Å². The van der Waals surface area contributed by atoms with E-state index in [1.54, 1.807) is 72.2 Å². The fourth-order valence-corrected chi connectivity index (χ4v) is 3.16. The number of phenols is 2. The van der Waals surface area contributed by atoms with Crippen LogP contribution in [0.4, 0.5) is 0 Å². The number of aliphatic carboxylic acids is 1. The number of nitrogens with zero attached hydrogens (tertiary/aromatic N) is 2. The summed E-state index contributed by atoms with van der Waals surface area (Å²) in [5.74, 6) is -1.15. The smallest absolute Gasteiger partial charge is 0.320 e. The van der Waals surface area contributed by atoms with Gasteiger partial charge < -0.3 is 20.1 Å². The summed E-state index contributed by atoms with van der Waals surface area (Å²) in [6.45, 7) is 4.58. The van der Waals surface area contributed by atoms with Gasteiger partial charge in [0.25, 0.3) is 0 Å². The number of benzene rings is 2. The highest BCUT2D eigenvalue weighted by molar-refractivity contribution is 5.71. The van der Waals surface area contributed by atoms with Gasteiger partial charge in [0.05, 0.1) is 19.2 Å². The second-order valence-electron chi connectivity index (χ2n) is 7.61. The van der Waals surface area contributed by atoms with Gasteiger partial charge in [0.2, 0.25) is 0 Å². The lowest BCUT2D eigenvalue weighted by atomic mass is 10.1. The Balaban J connectivity index is 2.11. The lowest BCUT2D eigenvalue weighted by Gasteiger charge is -2.27. The number of ether oxygens (including phenoxy) is 1. The third kappa shape index (κ3) is 8.65. The molecule has 0 amide bonds. The molecule has 2 aromatic carbocycles. The number of carboxylic acids is 1. The Morgan fingerprint density at radius 3 is 1.71 bits per heavy atom. The second kappa shape index (κ2) is 11.9. The molecule has 0 aromatic heterocycles. The van der Waals surface area contributed by atoms with E-state index < -0.39 is 11.9 Å². The van der Waals surface area contributed by atoms with Gasteiger partial charge in [0, 0.05) is 37.3 Å². The molecule has 0 fully saturated rings. The standard InChI is InChI=1S/C23H30N2O6/c1-17(2)31-23(30)16-25(14-19-8-4-6-10-21(19)27)12-11-24(15-22(28)29)13-18-7-3-5-9-20(18)26/h3-10,17,26-27H,11-16H2,1-2H3,(H,28,29). The fraction of sp³-hybridized carbons (Fsp3) is 0.391. The van der Waals surface area contributed by atoms with E-state index in [-0.39, 0.29) is 37.2 Å². The van der Waals surface area contributed by atoms with Crippen molar-refractivity contribution in [2.75, 3.05) is 26.2 Å². The molecule has 2 rings (SSSR count). The van der Waals surface area contributed by atoms with Crippen LogP contribution in [0.25, 0.3) is 0 Å². The van der Waals surface area contributed by atoms with Crippen LogP contribution in [0.1, 0.15) is 25.0 Å². The number of esters is 1. The Bertz CT molecular complexity index is 871. The van der Waals surface area contributed by atoms with E-state index >= 15 is 0 Å². The molecule has 0 aliphatic rings. The van der Waals surface area contributed by atoms with E-state index in [0.717, 1.165) is 0 Å². The number of aromatic hydroxyl groups is 2. The molecule has 0 bridgehead atoms. The van der Waals surface area contributed by atoms with Crippen molar-refractivity contribution in [3.63, 3.8) is 0 Å². The molecule has 168 valence electrons. The minimum Gasteiger partial charge on any atom is -0.508 e. The first-order chi connectivity index (χ1) is 14.7. The predicted molar refractivity (Wildman–Crippen MR) is 116 cm³/mol. The minimum atomic E-state index is -0.984. The zero-order valence-electron chi connectivity index (χ0n) is 17.9. The Morgan fingerprint density at radius 1 is 0.839 bits per heavy atom. The molecule has 3 N–H and O–H groups in total. The van der Waals surface area contributed by atoms with Gasteiger partial charge in [0.15, 0.2) is 0 Å². The number of para-hydroxylation sites is 2. The normalized spacial score (nSPS) is 11.3. The topological polar surface area (TPSA) is 111 Å². The Labute approximate surface area is 182 Å². The largest absolute Gasteiger partial charge is 0.508 e. The lowest BCUT2D eigenvalue weighted by molar-refractivity contribution is -0.149. The maximum absolute atomic E-state index is 12.2. The highest BCUT2D eigenvalue weighted by atomic mass is 16.5. The summed E-state index contributed by atoms with van der Waals surface area (Å²) in [5.41, 5.74) is 1.28. The molecule has 0 saturated heterocycles. The summed E-state index contributed by atoms with van der Waals surface area (Å²) in [6, 6.07) is 13.6. The van der Waals surface area contributed by atoms with Crippen LogP contribution in [0.15, 0.2) is 48.5 Å². The molecule has 0 atom stereocenters. The summed E-state index contributed by atoms with van der Waals surface area (Å²) >= 11 is 0. The van der Waals surface area contributed by atoms with Crippen molar-refractivity contribution in [2.24, 2.45) is 0 Å². The van der Waals surface area contributed by atoms with Crippen LogP contribution in [0.5, 0.6) is 11.5 Å². The van der Waals surface area contributed by atoms with Crippen molar-refractivity contribution < 1.29 is 29.6 Å². The Hall–Kier alpha value is -3.10. The van der Waals surface area contributed by atoms with E-state index in [2.05, 4.69) is 0 Å². The van der Waals surface area contributed by atoms with Crippen molar-refractivity contribution in [1.29, 1.82) is 0 Å². The minimum absolute atomic E-state index is 0.00398. The second-order valence-corrected chi connectivity index (χ2v) is 7.61. The average Bonchev–Trinajstić information content (AvgIpc) is 2.68. The predicted octanol–water partition coefficient (Wildman–Crippen LogP) is 2.44.